The fourth-order valence-corrected chi connectivity index (χ4v) is 5.23. The molecule has 12 heteroatoms. The first kappa shape index (κ1) is 23.1. The number of aromatic nitrogens is 1. The molecular weight excluding hydrogens is 467 g/mol. The summed E-state index contributed by atoms with van der Waals surface area (Å²) in [5.41, 5.74) is 5.83. The molecule has 0 fully saturated rings. The van der Waals surface area contributed by atoms with Gasteiger partial charge in [0.25, 0.3) is 5.91 Å². The Kier molecular flexibility index (Phi) is 7.21. The normalized spacial score (nSPS) is 11.5. The first-order valence-electron chi connectivity index (χ1n) is 9.02. The fourth-order valence-electron chi connectivity index (χ4n) is 2.73. The zero-order chi connectivity index (χ0) is 22.6. The Labute approximate surface area is 186 Å². The molecule has 0 saturated heterocycles. The van der Waals surface area contributed by atoms with Gasteiger partial charge in [-0.2, -0.15) is 0 Å². The van der Waals surface area contributed by atoms with E-state index in [9.17, 15) is 22.4 Å². The quantitative estimate of drug-likeness (QED) is 0.400. The van der Waals surface area contributed by atoms with Gasteiger partial charge in [0.2, 0.25) is 5.91 Å². The molecule has 1 aromatic heterocycles. The third kappa shape index (κ3) is 5.37. The summed E-state index contributed by atoms with van der Waals surface area (Å²) in [7, 11) is -3.56. The molecule has 0 atom stereocenters. The minimum Gasteiger partial charge on any atom is -0.366 e. The second-order valence-electron chi connectivity index (χ2n) is 6.39. The molecule has 2 amide bonds. The highest BCUT2D eigenvalue weighted by Gasteiger charge is 2.19. The van der Waals surface area contributed by atoms with Crippen LogP contribution in [0.4, 0.5) is 9.52 Å². The lowest BCUT2D eigenvalue weighted by molar-refractivity contribution is 0.100. The van der Waals surface area contributed by atoms with Crippen LogP contribution in [-0.2, 0) is 9.84 Å². The van der Waals surface area contributed by atoms with Crippen LogP contribution in [0, 0.1) is 0 Å². The van der Waals surface area contributed by atoms with Crippen LogP contribution in [0.3, 0.4) is 0 Å². The van der Waals surface area contributed by atoms with E-state index in [1.165, 1.54) is 30.3 Å². The summed E-state index contributed by atoms with van der Waals surface area (Å²) >= 11 is 7.20. The number of fused-ring (bicyclic) bond motifs is 1. The van der Waals surface area contributed by atoms with Crippen molar-refractivity contribution in [3.05, 3.63) is 52.5 Å². The van der Waals surface area contributed by atoms with Crippen molar-refractivity contribution in [3.8, 4) is 0 Å². The molecular formula is C19H18ClFN4O4S2. The van der Waals surface area contributed by atoms with Crippen LogP contribution in [0.5, 0.6) is 0 Å². The molecule has 0 aliphatic heterocycles. The molecule has 164 valence electrons. The highest BCUT2D eigenvalue weighted by Crippen LogP contribution is 2.29. The number of rotatable bonds is 9. The molecule has 0 aliphatic rings. The number of primary amides is 1. The number of hydrogen-bond acceptors (Lipinski definition) is 7. The largest absolute Gasteiger partial charge is 0.366 e. The summed E-state index contributed by atoms with van der Waals surface area (Å²) in [5, 5.41) is 5.47. The van der Waals surface area contributed by atoms with Crippen LogP contribution >= 0.6 is 22.9 Å². The highest BCUT2D eigenvalue weighted by atomic mass is 35.5. The Morgan fingerprint density at radius 2 is 1.90 bits per heavy atom. The van der Waals surface area contributed by atoms with Gasteiger partial charge in [-0.1, -0.05) is 29.0 Å². The zero-order valence-corrected chi connectivity index (χ0v) is 18.4. The Bertz CT molecular complexity index is 1250. The average molecular weight is 485 g/mol. The molecule has 8 nitrogen and oxygen atoms in total. The van der Waals surface area contributed by atoms with Gasteiger partial charge in [-0.25, -0.2) is 17.8 Å². The maximum absolute atomic E-state index is 12.6. The Hall–Kier alpha value is -2.60. The van der Waals surface area contributed by atoms with Crippen molar-refractivity contribution in [2.45, 2.75) is 4.90 Å². The number of anilines is 1. The van der Waals surface area contributed by atoms with Crippen LogP contribution in [-0.4, -0.2) is 50.7 Å². The van der Waals surface area contributed by atoms with E-state index < -0.39 is 28.3 Å². The van der Waals surface area contributed by atoms with Crippen molar-refractivity contribution in [3.63, 3.8) is 0 Å². The van der Waals surface area contributed by atoms with Gasteiger partial charge in [0.05, 0.1) is 37.0 Å². The number of sulfone groups is 1. The molecule has 0 spiro atoms. The lowest BCUT2D eigenvalue weighted by Crippen LogP contribution is -2.24. The molecule has 0 unspecified atom stereocenters. The van der Waals surface area contributed by atoms with Crippen molar-refractivity contribution in [1.29, 1.82) is 0 Å². The number of nitrogens with zero attached hydrogens (tertiary/aromatic N) is 1. The SMILES string of the molecule is NC(=O)c1cccc(C(=O)Nc2nc3ccc(S(=O)(=O)CCNCCF)cc3s2)c1Cl. The summed E-state index contributed by atoms with van der Waals surface area (Å²) in [6, 6.07) is 8.80. The Morgan fingerprint density at radius 3 is 2.61 bits per heavy atom. The average Bonchev–Trinajstić information content (AvgIpc) is 3.12. The van der Waals surface area contributed by atoms with Gasteiger partial charge < -0.3 is 11.1 Å². The second-order valence-corrected chi connectivity index (χ2v) is 9.91. The van der Waals surface area contributed by atoms with E-state index in [0.717, 1.165) is 11.3 Å². The molecule has 3 rings (SSSR count). The second kappa shape index (κ2) is 9.69. The standard InChI is InChI=1S/C19H18ClFN4O4S2/c20-16-12(17(22)26)2-1-3-13(16)18(27)25-19-24-14-5-4-11(10-15(14)30-19)31(28,29)9-8-23-7-6-21/h1-5,10,23H,6-9H2,(H2,22,26)(H,24,25,27). The summed E-state index contributed by atoms with van der Waals surface area (Å²) < 4.78 is 37.6. The first-order valence-corrected chi connectivity index (χ1v) is 11.9. The molecule has 31 heavy (non-hydrogen) atoms. The number of nitrogens with two attached hydrogens (primary N) is 1. The predicted molar refractivity (Wildman–Crippen MR) is 118 cm³/mol. The number of alkyl halides is 1. The third-order valence-corrected chi connectivity index (χ3v) is 7.32. The van der Waals surface area contributed by atoms with Crippen LogP contribution in [0.1, 0.15) is 20.7 Å². The van der Waals surface area contributed by atoms with E-state index in [0.29, 0.717) is 10.2 Å². The third-order valence-electron chi connectivity index (χ3n) is 4.27. The number of amides is 2. The number of carbonyl (C=O) groups excluding carboxylic acids is 2. The van der Waals surface area contributed by atoms with E-state index in [4.69, 9.17) is 17.3 Å². The van der Waals surface area contributed by atoms with Crippen molar-refractivity contribution in [1.82, 2.24) is 10.3 Å². The van der Waals surface area contributed by atoms with Crippen molar-refractivity contribution in [2.24, 2.45) is 5.73 Å². The van der Waals surface area contributed by atoms with Gasteiger partial charge in [0, 0.05) is 13.1 Å². The molecule has 2 aromatic carbocycles. The molecule has 4 N–H and O–H groups in total. The van der Waals surface area contributed by atoms with Crippen LogP contribution in [0.15, 0.2) is 41.3 Å². The topological polar surface area (TPSA) is 131 Å². The molecule has 0 bridgehead atoms. The maximum atomic E-state index is 12.6. The minimum atomic E-state index is -3.56. The van der Waals surface area contributed by atoms with Crippen molar-refractivity contribution in [2.75, 3.05) is 30.8 Å². The fraction of sp³-hybridized carbons (Fsp3) is 0.211. The summed E-state index contributed by atoms with van der Waals surface area (Å²) in [6.07, 6.45) is 0. The Morgan fingerprint density at radius 1 is 1.16 bits per heavy atom. The minimum absolute atomic E-state index is 0.0227. The maximum Gasteiger partial charge on any atom is 0.258 e. The number of carbonyl (C=O) groups is 2. The van der Waals surface area contributed by atoms with E-state index in [2.05, 4.69) is 15.6 Å². The number of nitrogens with one attached hydrogen (secondary N) is 2. The van der Waals surface area contributed by atoms with Crippen LogP contribution < -0.4 is 16.4 Å². The van der Waals surface area contributed by atoms with Crippen LogP contribution in [0.25, 0.3) is 10.2 Å². The molecule has 0 saturated carbocycles. The zero-order valence-electron chi connectivity index (χ0n) is 16.0. The smallest absolute Gasteiger partial charge is 0.258 e. The van der Waals surface area contributed by atoms with E-state index in [1.807, 2.05) is 0 Å². The molecule has 1 heterocycles. The van der Waals surface area contributed by atoms with Gasteiger partial charge >= 0.3 is 0 Å². The van der Waals surface area contributed by atoms with Gasteiger partial charge in [-0.3, -0.25) is 14.9 Å². The van der Waals surface area contributed by atoms with Gasteiger partial charge in [0.15, 0.2) is 15.0 Å². The molecule has 3 aromatic rings. The van der Waals surface area contributed by atoms with Gasteiger partial charge in [-0.15, -0.1) is 0 Å². The van der Waals surface area contributed by atoms with Crippen molar-refractivity contribution < 1.29 is 22.4 Å². The van der Waals surface area contributed by atoms with Gasteiger partial charge in [-0.05, 0) is 30.3 Å². The highest BCUT2D eigenvalue weighted by molar-refractivity contribution is 7.91. The van der Waals surface area contributed by atoms with E-state index in [1.54, 1.807) is 6.07 Å². The number of thiazole rings is 1. The molecule has 0 radical (unpaired) electrons. The lowest BCUT2D eigenvalue weighted by Gasteiger charge is -2.06. The van der Waals surface area contributed by atoms with E-state index >= 15 is 0 Å². The van der Waals surface area contributed by atoms with Gasteiger partial charge in [0.1, 0.15) is 6.67 Å². The summed E-state index contributed by atoms with van der Waals surface area (Å²) in [6.45, 7) is -0.336. The first-order chi connectivity index (χ1) is 14.7. The number of benzene rings is 2. The van der Waals surface area contributed by atoms with E-state index in [-0.39, 0.29) is 45.0 Å². The summed E-state index contributed by atoms with van der Waals surface area (Å²) in [4.78, 5) is 28.4. The monoisotopic (exact) mass is 484 g/mol. The number of halogens is 2. The Balaban J connectivity index is 1.80. The van der Waals surface area contributed by atoms with Crippen molar-refractivity contribution >= 4 is 59.9 Å². The molecule has 0 aliphatic carbocycles. The predicted octanol–water partition coefficient (Wildman–Crippen LogP) is 2.63. The van der Waals surface area contributed by atoms with Crippen LogP contribution in [0.2, 0.25) is 5.02 Å². The summed E-state index contributed by atoms with van der Waals surface area (Å²) in [5.74, 6) is -1.51. The lowest BCUT2D eigenvalue weighted by atomic mass is 10.1. The number of hydrogen-bond donors (Lipinski definition) is 3.